The second-order valence-electron chi connectivity index (χ2n) is 5.55. The number of urea groups is 1. The molecule has 0 heterocycles. The van der Waals surface area contributed by atoms with Crippen molar-refractivity contribution in [2.45, 2.75) is 33.2 Å². The van der Waals surface area contributed by atoms with Gasteiger partial charge in [-0.15, -0.1) is 0 Å². The number of carbonyl (C=O) groups excluding carboxylic acids is 2. The lowest BCUT2D eigenvalue weighted by atomic mass is 10.0. The monoisotopic (exact) mass is 369 g/mol. The minimum atomic E-state index is -0.447. The zero-order valence-electron chi connectivity index (χ0n) is 13.3. The Morgan fingerprint density at radius 2 is 1.82 bits per heavy atom. The Hall–Kier alpha value is -1.40. The number of carbonyl (C=O) groups is 2. The minimum Gasteiger partial charge on any atom is -0.338 e. The number of halogens is 1. The summed E-state index contributed by atoms with van der Waals surface area (Å²) in [5, 5.41) is 8.13. The first kappa shape index (κ1) is 18.6. The smallest absolute Gasteiger partial charge is 0.321 e. The Morgan fingerprint density at radius 1 is 1.18 bits per heavy atom. The summed E-state index contributed by atoms with van der Waals surface area (Å²) in [7, 11) is 0. The molecule has 0 unspecified atom stereocenters. The van der Waals surface area contributed by atoms with E-state index in [1.165, 1.54) is 0 Å². The average molecular weight is 370 g/mol. The number of rotatable bonds is 7. The van der Waals surface area contributed by atoms with Gasteiger partial charge < -0.3 is 10.6 Å². The molecule has 5 nitrogen and oxygen atoms in total. The van der Waals surface area contributed by atoms with Crippen molar-refractivity contribution >= 4 is 27.9 Å². The van der Waals surface area contributed by atoms with Gasteiger partial charge in [0.15, 0.2) is 0 Å². The molecule has 0 aliphatic heterocycles. The molecular weight excluding hydrogens is 346 g/mol. The fourth-order valence-corrected chi connectivity index (χ4v) is 2.19. The molecule has 0 radical (unpaired) electrons. The van der Waals surface area contributed by atoms with Crippen LogP contribution in [0.25, 0.3) is 0 Å². The fraction of sp³-hybridized carbons (Fsp3) is 0.500. The van der Waals surface area contributed by atoms with Gasteiger partial charge in [0.05, 0.1) is 6.54 Å². The lowest BCUT2D eigenvalue weighted by molar-refractivity contribution is -0.119. The molecule has 0 aromatic heterocycles. The molecule has 6 heteroatoms. The molecule has 3 amide bonds. The van der Waals surface area contributed by atoms with E-state index in [1.807, 2.05) is 45.0 Å². The van der Waals surface area contributed by atoms with Crippen LogP contribution in [0.4, 0.5) is 4.79 Å². The molecule has 0 spiro atoms. The number of hydrogen-bond donors (Lipinski definition) is 3. The molecular formula is C16H24BrN3O2. The van der Waals surface area contributed by atoms with Crippen LogP contribution in [0, 0.1) is 5.92 Å². The van der Waals surface area contributed by atoms with E-state index in [1.54, 1.807) is 0 Å². The molecule has 0 bridgehead atoms. The maximum atomic E-state index is 11.8. The summed E-state index contributed by atoms with van der Waals surface area (Å²) in [6, 6.07) is 7.60. The van der Waals surface area contributed by atoms with E-state index in [-0.39, 0.29) is 18.5 Å². The Labute approximate surface area is 140 Å². The van der Waals surface area contributed by atoms with Crippen LogP contribution in [-0.4, -0.2) is 25.0 Å². The van der Waals surface area contributed by atoms with Crippen molar-refractivity contribution in [1.29, 1.82) is 0 Å². The van der Waals surface area contributed by atoms with E-state index in [9.17, 15) is 9.59 Å². The topological polar surface area (TPSA) is 70.2 Å². The van der Waals surface area contributed by atoms with Gasteiger partial charge in [-0.05, 0) is 30.0 Å². The van der Waals surface area contributed by atoms with Crippen LogP contribution in [0.3, 0.4) is 0 Å². The largest absolute Gasteiger partial charge is 0.338 e. The highest BCUT2D eigenvalue weighted by molar-refractivity contribution is 9.10. The van der Waals surface area contributed by atoms with E-state index < -0.39 is 6.03 Å². The average Bonchev–Trinajstić information content (AvgIpc) is 2.47. The second-order valence-corrected chi connectivity index (χ2v) is 6.46. The van der Waals surface area contributed by atoms with Crippen molar-refractivity contribution in [3.63, 3.8) is 0 Å². The second kappa shape index (κ2) is 9.58. The fourth-order valence-electron chi connectivity index (χ4n) is 1.92. The minimum absolute atomic E-state index is 0.0811. The van der Waals surface area contributed by atoms with Crippen LogP contribution >= 0.6 is 15.9 Å². The first-order chi connectivity index (χ1) is 10.4. The van der Waals surface area contributed by atoms with Crippen molar-refractivity contribution in [3.8, 4) is 0 Å². The zero-order valence-corrected chi connectivity index (χ0v) is 14.9. The standard InChI is InChI=1S/C16H24BrN3O2/c1-4-14(12-5-7-13(17)8-6-12)18-10-15(21)20-16(22)19-9-11(2)3/h5-8,11,14,18H,4,9-10H2,1-3H3,(H2,19,20,21,22)/t14-/m0/s1. The van der Waals surface area contributed by atoms with Gasteiger partial charge >= 0.3 is 6.03 Å². The Balaban J connectivity index is 2.41. The van der Waals surface area contributed by atoms with Gasteiger partial charge in [-0.2, -0.15) is 0 Å². The molecule has 0 saturated carbocycles. The highest BCUT2D eigenvalue weighted by Crippen LogP contribution is 2.19. The number of amides is 3. The van der Waals surface area contributed by atoms with Crippen LogP contribution in [0.1, 0.15) is 38.8 Å². The molecule has 3 N–H and O–H groups in total. The summed E-state index contributed by atoms with van der Waals surface area (Å²) in [4.78, 5) is 23.3. The first-order valence-corrected chi connectivity index (χ1v) is 8.28. The zero-order chi connectivity index (χ0) is 16.5. The molecule has 122 valence electrons. The van der Waals surface area contributed by atoms with Crippen molar-refractivity contribution in [2.24, 2.45) is 5.92 Å². The maximum absolute atomic E-state index is 11.8. The SMILES string of the molecule is CC[C@H](NCC(=O)NC(=O)NCC(C)C)c1ccc(Br)cc1. The normalized spacial score (nSPS) is 12.0. The predicted octanol–water partition coefficient (Wildman–Crippen LogP) is 2.97. The van der Waals surface area contributed by atoms with Crippen LogP contribution in [0.15, 0.2) is 28.7 Å². The van der Waals surface area contributed by atoms with Gasteiger partial charge in [0, 0.05) is 17.1 Å². The summed E-state index contributed by atoms with van der Waals surface area (Å²) in [5.74, 6) is 0.0117. The van der Waals surface area contributed by atoms with E-state index in [2.05, 4.69) is 31.9 Å². The molecule has 1 aromatic rings. The molecule has 0 aliphatic carbocycles. The summed E-state index contributed by atoms with van der Waals surface area (Å²) in [6.07, 6.45) is 0.856. The third kappa shape index (κ3) is 7.04. The van der Waals surface area contributed by atoms with Crippen LogP contribution in [-0.2, 0) is 4.79 Å². The van der Waals surface area contributed by atoms with Crippen molar-refractivity contribution in [3.05, 3.63) is 34.3 Å². The number of nitrogens with one attached hydrogen (secondary N) is 3. The quantitative estimate of drug-likeness (QED) is 0.691. The van der Waals surface area contributed by atoms with Crippen molar-refractivity contribution < 1.29 is 9.59 Å². The van der Waals surface area contributed by atoms with E-state index in [0.29, 0.717) is 12.5 Å². The Kier molecular flexibility index (Phi) is 8.12. The predicted molar refractivity (Wildman–Crippen MR) is 91.6 cm³/mol. The van der Waals surface area contributed by atoms with Gasteiger partial charge in [0.1, 0.15) is 0 Å². The van der Waals surface area contributed by atoms with E-state index in [4.69, 9.17) is 0 Å². The lowest BCUT2D eigenvalue weighted by Gasteiger charge is -2.17. The Bertz CT molecular complexity index is 489. The Morgan fingerprint density at radius 3 is 2.36 bits per heavy atom. The van der Waals surface area contributed by atoms with Crippen molar-refractivity contribution in [2.75, 3.05) is 13.1 Å². The van der Waals surface area contributed by atoms with E-state index >= 15 is 0 Å². The summed E-state index contributed by atoms with van der Waals surface area (Å²) in [5.41, 5.74) is 1.11. The van der Waals surface area contributed by atoms with Crippen LogP contribution in [0.2, 0.25) is 0 Å². The van der Waals surface area contributed by atoms with Gasteiger partial charge in [-0.3, -0.25) is 10.1 Å². The summed E-state index contributed by atoms with van der Waals surface area (Å²) >= 11 is 3.40. The lowest BCUT2D eigenvalue weighted by Crippen LogP contribution is -2.44. The third-order valence-corrected chi connectivity index (χ3v) is 3.64. The van der Waals surface area contributed by atoms with E-state index in [0.717, 1.165) is 16.5 Å². The summed E-state index contributed by atoms with van der Waals surface area (Å²) < 4.78 is 1.02. The number of imide groups is 1. The highest BCUT2D eigenvalue weighted by Gasteiger charge is 2.12. The summed E-state index contributed by atoms with van der Waals surface area (Å²) in [6.45, 7) is 6.68. The molecule has 1 atom stereocenters. The van der Waals surface area contributed by atoms with Crippen LogP contribution < -0.4 is 16.0 Å². The van der Waals surface area contributed by atoms with Gasteiger partial charge in [0.2, 0.25) is 5.91 Å². The van der Waals surface area contributed by atoms with Crippen LogP contribution in [0.5, 0.6) is 0 Å². The molecule has 22 heavy (non-hydrogen) atoms. The highest BCUT2D eigenvalue weighted by atomic mass is 79.9. The third-order valence-electron chi connectivity index (χ3n) is 3.11. The first-order valence-electron chi connectivity index (χ1n) is 7.48. The van der Waals surface area contributed by atoms with Gasteiger partial charge in [-0.1, -0.05) is 48.8 Å². The number of benzene rings is 1. The maximum Gasteiger partial charge on any atom is 0.321 e. The molecule has 0 aliphatic rings. The molecule has 0 saturated heterocycles. The molecule has 1 rings (SSSR count). The van der Waals surface area contributed by atoms with Gasteiger partial charge in [-0.25, -0.2) is 4.79 Å². The molecule has 0 fully saturated rings. The van der Waals surface area contributed by atoms with Gasteiger partial charge in [0.25, 0.3) is 0 Å². The van der Waals surface area contributed by atoms with Crippen molar-refractivity contribution in [1.82, 2.24) is 16.0 Å². The molecule has 1 aromatic carbocycles. The number of hydrogen-bond acceptors (Lipinski definition) is 3.